The van der Waals surface area contributed by atoms with Crippen LogP contribution in [0.15, 0.2) is 24.5 Å². The maximum absolute atomic E-state index is 12.7. The molecule has 1 fully saturated rings. The third kappa shape index (κ3) is 4.02. The number of pyridine rings is 2. The summed E-state index contributed by atoms with van der Waals surface area (Å²) < 4.78 is 0. The Labute approximate surface area is 168 Å². The van der Waals surface area contributed by atoms with E-state index in [1.165, 1.54) is 11.3 Å². The smallest absolute Gasteiger partial charge is 0.228 e. The zero-order valence-corrected chi connectivity index (χ0v) is 17.2. The summed E-state index contributed by atoms with van der Waals surface area (Å²) in [5, 5.41) is 11.9. The van der Waals surface area contributed by atoms with Crippen LogP contribution < -0.4 is 0 Å². The molecule has 0 N–H and O–H groups in total. The molecule has 1 aliphatic rings. The van der Waals surface area contributed by atoms with Gasteiger partial charge in [-0.2, -0.15) is 0 Å². The first-order chi connectivity index (χ1) is 13.5. The lowest BCUT2D eigenvalue weighted by atomic mass is 10.0. The normalized spacial score (nSPS) is 15.5. The number of nitrogens with zero attached hydrogens (tertiary/aromatic N) is 6. The topological polar surface area (TPSA) is 75.1 Å². The maximum Gasteiger partial charge on any atom is 0.228 e. The van der Waals surface area contributed by atoms with Crippen LogP contribution >= 0.6 is 11.3 Å². The zero-order chi connectivity index (χ0) is 19.7. The highest BCUT2D eigenvalue weighted by molar-refractivity contribution is 7.14. The van der Waals surface area contributed by atoms with Gasteiger partial charge in [-0.15, -0.1) is 10.2 Å². The van der Waals surface area contributed by atoms with E-state index in [4.69, 9.17) is 0 Å². The van der Waals surface area contributed by atoms with Gasteiger partial charge in [0, 0.05) is 36.9 Å². The number of amides is 1. The van der Waals surface area contributed by atoms with Gasteiger partial charge in [0.25, 0.3) is 0 Å². The van der Waals surface area contributed by atoms with Crippen LogP contribution in [0.2, 0.25) is 0 Å². The van der Waals surface area contributed by atoms with Gasteiger partial charge in [0.1, 0.15) is 10.7 Å². The molecule has 0 saturated carbocycles. The monoisotopic (exact) mass is 396 g/mol. The molecule has 0 spiro atoms. The molecule has 0 unspecified atom stereocenters. The highest BCUT2D eigenvalue weighted by atomic mass is 32.1. The molecular weight excluding hydrogens is 372 g/mol. The van der Waals surface area contributed by atoms with Crippen molar-refractivity contribution >= 4 is 28.0 Å². The summed E-state index contributed by atoms with van der Waals surface area (Å²) >= 11 is 1.52. The van der Waals surface area contributed by atoms with Gasteiger partial charge in [0.2, 0.25) is 5.91 Å². The molecule has 8 heteroatoms. The molecule has 1 aliphatic heterocycles. The molecular formula is C20H24N6OS. The molecule has 0 atom stereocenters. The van der Waals surface area contributed by atoms with Gasteiger partial charge in [-0.1, -0.05) is 11.3 Å². The molecule has 3 aromatic rings. The lowest BCUT2D eigenvalue weighted by Crippen LogP contribution is -2.45. The van der Waals surface area contributed by atoms with Gasteiger partial charge in [0.15, 0.2) is 5.01 Å². The molecule has 0 bridgehead atoms. The summed E-state index contributed by atoms with van der Waals surface area (Å²) in [6.45, 7) is 3.57. The molecule has 0 radical (unpaired) electrons. The number of aryl methyl sites for hydroxylation is 1. The van der Waals surface area contributed by atoms with E-state index in [1.54, 1.807) is 12.4 Å². The molecule has 3 aromatic heterocycles. The largest absolute Gasteiger partial charge is 0.342 e. The number of rotatable bonds is 4. The minimum absolute atomic E-state index is 0.151. The number of hydrogen-bond donors (Lipinski definition) is 0. The van der Waals surface area contributed by atoms with Crippen molar-refractivity contribution in [1.29, 1.82) is 0 Å². The van der Waals surface area contributed by atoms with Gasteiger partial charge >= 0.3 is 0 Å². The molecule has 0 aromatic carbocycles. The quantitative estimate of drug-likeness (QED) is 0.675. The van der Waals surface area contributed by atoms with E-state index in [-0.39, 0.29) is 5.91 Å². The number of likely N-dealkylation sites (tertiary alicyclic amines) is 1. The van der Waals surface area contributed by atoms with Gasteiger partial charge in [-0.25, -0.2) is 0 Å². The Morgan fingerprint density at radius 1 is 1.14 bits per heavy atom. The van der Waals surface area contributed by atoms with E-state index in [2.05, 4.69) is 39.2 Å². The first kappa shape index (κ1) is 18.9. The van der Waals surface area contributed by atoms with Crippen molar-refractivity contribution in [3.8, 4) is 10.7 Å². The van der Waals surface area contributed by atoms with Gasteiger partial charge < -0.3 is 9.80 Å². The Kier molecular flexibility index (Phi) is 5.32. The molecule has 4 rings (SSSR count). The number of piperidine rings is 1. The van der Waals surface area contributed by atoms with E-state index in [9.17, 15) is 4.79 Å². The second kappa shape index (κ2) is 7.89. The van der Waals surface area contributed by atoms with E-state index in [0.29, 0.717) is 12.5 Å². The zero-order valence-electron chi connectivity index (χ0n) is 16.4. The molecule has 0 aliphatic carbocycles. The fraction of sp³-hybridized carbons (Fsp3) is 0.450. The summed E-state index contributed by atoms with van der Waals surface area (Å²) in [7, 11) is 4.21. The second-order valence-corrected chi connectivity index (χ2v) is 8.65. The Morgan fingerprint density at radius 2 is 1.89 bits per heavy atom. The van der Waals surface area contributed by atoms with E-state index in [0.717, 1.165) is 58.1 Å². The molecule has 7 nitrogen and oxygen atoms in total. The lowest BCUT2D eigenvalue weighted by molar-refractivity contribution is -0.132. The molecule has 146 valence electrons. The summed E-state index contributed by atoms with van der Waals surface area (Å²) in [4.78, 5) is 25.9. The van der Waals surface area contributed by atoms with Gasteiger partial charge in [0.05, 0.1) is 12.1 Å². The third-order valence-corrected chi connectivity index (χ3v) is 6.15. The van der Waals surface area contributed by atoms with Crippen molar-refractivity contribution in [1.82, 2.24) is 30.0 Å². The SMILES string of the molecule is Cc1nnc(-c2cc3cc(CC(=O)N4CCC(N(C)C)CC4)ncc3cn2)s1. The first-order valence-corrected chi connectivity index (χ1v) is 10.3. The average molecular weight is 397 g/mol. The Morgan fingerprint density at radius 3 is 2.57 bits per heavy atom. The van der Waals surface area contributed by atoms with Crippen LogP contribution in [0.25, 0.3) is 21.5 Å². The summed E-state index contributed by atoms with van der Waals surface area (Å²) in [5.41, 5.74) is 1.59. The van der Waals surface area contributed by atoms with Gasteiger partial charge in [-0.3, -0.25) is 14.8 Å². The van der Waals surface area contributed by atoms with Crippen LogP contribution in [-0.4, -0.2) is 69.1 Å². The average Bonchev–Trinajstić information content (AvgIpc) is 3.14. The number of carbonyl (C=O) groups excluding carboxylic acids is 1. The van der Waals surface area contributed by atoms with Crippen molar-refractivity contribution in [2.45, 2.75) is 32.2 Å². The third-order valence-electron chi connectivity index (χ3n) is 5.28. The molecule has 28 heavy (non-hydrogen) atoms. The predicted octanol–water partition coefficient (Wildman–Crippen LogP) is 2.55. The van der Waals surface area contributed by atoms with E-state index in [1.807, 2.05) is 24.0 Å². The van der Waals surface area contributed by atoms with Crippen molar-refractivity contribution in [2.75, 3.05) is 27.2 Å². The van der Waals surface area contributed by atoms with Crippen molar-refractivity contribution in [3.05, 3.63) is 35.2 Å². The van der Waals surface area contributed by atoms with E-state index < -0.39 is 0 Å². The van der Waals surface area contributed by atoms with Crippen LogP contribution in [-0.2, 0) is 11.2 Å². The highest BCUT2D eigenvalue weighted by Crippen LogP contribution is 2.25. The number of aromatic nitrogens is 4. The number of carbonyl (C=O) groups is 1. The van der Waals surface area contributed by atoms with E-state index >= 15 is 0 Å². The maximum atomic E-state index is 12.7. The first-order valence-electron chi connectivity index (χ1n) is 9.49. The van der Waals surface area contributed by atoms with Gasteiger partial charge in [-0.05, 0) is 51.4 Å². The van der Waals surface area contributed by atoms with Crippen molar-refractivity contribution in [2.24, 2.45) is 0 Å². The van der Waals surface area contributed by atoms with Crippen molar-refractivity contribution < 1.29 is 4.79 Å². The van der Waals surface area contributed by atoms with Crippen LogP contribution in [0, 0.1) is 6.92 Å². The van der Waals surface area contributed by atoms with Crippen LogP contribution in [0.5, 0.6) is 0 Å². The van der Waals surface area contributed by atoms with Crippen molar-refractivity contribution in [3.63, 3.8) is 0 Å². The van der Waals surface area contributed by atoms with Crippen LogP contribution in [0.3, 0.4) is 0 Å². The predicted molar refractivity (Wildman–Crippen MR) is 110 cm³/mol. The summed E-state index contributed by atoms with van der Waals surface area (Å²) in [6.07, 6.45) is 5.98. The van der Waals surface area contributed by atoms with Crippen LogP contribution in [0.4, 0.5) is 0 Å². The molecule has 1 saturated heterocycles. The van der Waals surface area contributed by atoms with Crippen LogP contribution in [0.1, 0.15) is 23.5 Å². The Bertz CT molecular complexity index is 993. The molecule has 1 amide bonds. The fourth-order valence-electron chi connectivity index (χ4n) is 3.60. The highest BCUT2D eigenvalue weighted by Gasteiger charge is 2.24. The minimum Gasteiger partial charge on any atom is -0.342 e. The Hall–Kier alpha value is -2.45. The standard InChI is InChI=1S/C20H24N6OS/c1-13-23-24-20(28-13)18-9-14-8-16(21-11-15(14)12-22-18)10-19(27)26-6-4-17(5-7-26)25(2)3/h8-9,11-12,17H,4-7,10H2,1-3H3. The summed E-state index contributed by atoms with van der Waals surface area (Å²) in [6, 6.07) is 4.55. The minimum atomic E-state index is 0.151. The Balaban J connectivity index is 1.49. The fourth-order valence-corrected chi connectivity index (χ4v) is 4.26. The summed E-state index contributed by atoms with van der Waals surface area (Å²) in [5.74, 6) is 0.151. The second-order valence-electron chi connectivity index (χ2n) is 7.47. The number of hydrogen-bond acceptors (Lipinski definition) is 7. The molecule has 4 heterocycles. The number of fused-ring (bicyclic) bond motifs is 1. The lowest BCUT2D eigenvalue weighted by Gasteiger charge is -2.35.